The highest BCUT2D eigenvalue weighted by Crippen LogP contribution is 2.21. The van der Waals surface area contributed by atoms with E-state index in [0.29, 0.717) is 0 Å². The molecule has 0 saturated heterocycles. The summed E-state index contributed by atoms with van der Waals surface area (Å²) in [5.41, 5.74) is 0.413. The average molecular weight is 253 g/mol. The predicted octanol–water partition coefficient (Wildman–Crippen LogP) is 1.80. The summed E-state index contributed by atoms with van der Waals surface area (Å²) >= 11 is 5.45. The fraction of sp³-hybridized carbons (Fsp3) is 0. The van der Waals surface area contributed by atoms with Crippen molar-refractivity contribution in [2.24, 2.45) is 0 Å². The average Bonchev–Trinajstić information content (AvgIpc) is 2.41. The molecule has 0 aromatic carbocycles. The second-order valence-corrected chi connectivity index (χ2v) is 5.29. The lowest BCUT2D eigenvalue weighted by Crippen LogP contribution is -1.91. The number of fused-ring (bicyclic) bond motifs is 1. The van der Waals surface area contributed by atoms with Gasteiger partial charge in [-0.05, 0) is 11.6 Å². The van der Waals surface area contributed by atoms with Crippen molar-refractivity contribution in [2.45, 2.75) is 4.90 Å². The first kappa shape index (κ1) is 9.70. The van der Waals surface area contributed by atoms with Crippen LogP contribution in [0.1, 0.15) is 0 Å². The van der Waals surface area contributed by atoms with E-state index < -0.39 is 9.05 Å². The maximum absolute atomic E-state index is 10.9. The molecule has 0 N–H and O–H groups in total. The van der Waals surface area contributed by atoms with Gasteiger partial charge in [0.25, 0.3) is 14.4 Å². The van der Waals surface area contributed by atoms with Crippen LogP contribution in [0.4, 0.5) is 0 Å². The molecule has 0 bridgehead atoms. The van der Waals surface area contributed by atoms with Gasteiger partial charge in [-0.25, -0.2) is 13.4 Å². The van der Waals surface area contributed by atoms with E-state index in [1.54, 1.807) is 0 Å². The summed E-state index contributed by atoms with van der Waals surface area (Å²) in [5, 5.41) is -0.100. The van der Waals surface area contributed by atoms with E-state index in [-0.39, 0.29) is 21.5 Å². The molecule has 2 heterocycles. The second-order valence-electron chi connectivity index (χ2n) is 2.40. The number of oxazole rings is 1. The number of rotatable bonds is 1. The standard InChI is InChI=1S/C6H2Cl2N2O3S/c7-6-10-5-4(13-6)1-3(2-9-5)14(8,11)12/h1-2H. The highest BCUT2D eigenvalue weighted by atomic mass is 35.7. The third kappa shape index (κ3) is 1.68. The Morgan fingerprint density at radius 3 is 2.79 bits per heavy atom. The Morgan fingerprint density at radius 2 is 2.14 bits per heavy atom. The van der Waals surface area contributed by atoms with Gasteiger partial charge in [0.05, 0.1) is 0 Å². The molecule has 0 aliphatic heterocycles. The third-order valence-corrected chi connectivity index (χ3v) is 2.96. The maximum atomic E-state index is 10.9. The van der Waals surface area contributed by atoms with E-state index in [1.807, 2.05) is 0 Å². The van der Waals surface area contributed by atoms with Gasteiger partial charge < -0.3 is 4.42 Å². The minimum Gasteiger partial charge on any atom is -0.426 e. The molecule has 74 valence electrons. The predicted molar refractivity (Wildman–Crippen MR) is 49.9 cm³/mol. The highest BCUT2D eigenvalue weighted by Gasteiger charge is 2.13. The molecular formula is C6H2Cl2N2O3S. The van der Waals surface area contributed by atoms with E-state index in [2.05, 4.69) is 9.97 Å². The van der Waals surface area contributed by atoms with Gasteiger partial charge >= 0.3 is 0 Å². The molecule has 0 fully saturated rings. The van der Waals surface area contributed by atoms with E-state index in [0.717, 1.165) is 6.20 Å². The molecule has 2 rings (SSSR count). The topological polar surface area (TPSA) is 73.1 Å². The molecule has 2 aromatic rings. The lowest BCUT2D eigenvalue weighted by atomic mass is 10.5. The van der Waals surface area contributed by atoms with Crippen LogP contribution in [0, 0.1) is 0 Å². The molecule has 8 heteroatoms. The molecule has 0 aliphatic rings. The zero-order chi connectivity index (χ0) is 10.3. The molecule has 5 nitrogen and oxygen atoms in total. The van der Waals surface area contributed by atoms with E-state index in [9.17, 15) is 8.42 Å². The summed E-state index contributed by atoms with van der Waals surface area (Å²) in [6, 6.07) is 1.21. The Morgan fingerprint density at radius 1 is 1.43 bits per heavy atom. The fourth-order valence-electron chi connectivity index (χ4n) is 0.909. The van der Waals surface area contributed by atoms with Crippen molar-refractivity contribution in [1.29, 1.82) is 0 Å². The number of halogens is 2. The summed E-state index contributed by atoms with van der Waals surface area (Å²) in [4.78, 5) is 7.25. The van der Waals surface area contributed by atoms with Crippen molar-refractivity contribution < 1.29 is 12.8 Å². The minimum absolute atomic E-state index is 0.100. The van der Waals surface area contributed by atoms with Gasteiger partial charge in [-0.2, -0.15) is 4.98 Å². The second kappa shape index (κ2) is 3.08. The Labute approximate surface area is 88.1 Å². The number of hydrogen-bond donors (Lipinski definition) is 0. The summed E-state index contributed by atoms with van der Waals surface area (Å²) in [5.74, 6) is 0. The Kier molecular flexibility index (Phi) is 2.13. The van der Waals surface area contributed by atoms with Gasteiger partial charge in [0.15, 0.2) is 11.2 Å². The minimum atomic E-state index is -3.81. The lowest BCUT2D eigenvalue weighted by molar-refractivity contribution is 0.599. The van der Waals surface area contributed by atoms with Crippen LogP contribution < -0.4 is 0 Å². The monoisotopic (exact) mass is 252 g/mol. The quantitative estimate of drug-likeness (QED) is 0.724. The summed E-state index contributed by atoms with van der Waals surface area (Å²) < 4.78 is 26.7. The van der Waals surface area contributed by atoms with Crippen LogP contribution in [0.5, 0.6) is 0 Å². The van der Waals surface area contributed by atoms with Crippen molar-refractivity contribution in [2.75, 3.05) is 0 Å². The highest BCUT2D eigenvalue weighted by molar-refractivity contribution is 8.13. The maximum Gasteiger partial charge on any atom is 0.294 e. The first-order valence-electron chi connectivity index (χ1n) is 3.33. The summed E-state index contributed by atoms with van der Waals surface area (Å²) in [6.45, 7) is 0. The van der Waals surface area contributed by atoms with Gasteiger partial charge in [0.2, 0.25) is 0 Å². The summed E-state index contributed by atoms with van der Waals surface area (Å²) in [6.07, 6.45) is 1.09. The molecule has 0 aliphatic carbocycles. The van der Waals surface area contributed by atoms with Gasteiger partial charge in [-0.1, -0.05) is 0 Å². The molecular weight excluding hydrogens is 251 g/mol. The molecule has 0 atom stereocenters. The molecule has 14 heavy (non-hydrogen) atoms. The lowest BCUT2D eigenvalue weighted by Gasteiger charge is -1.92. The van der Waals surface area contributed by atoms with Crippen LogP contribution >= 0.6 is 22.3 Å². The first-order valence-corrected chi connectivity index (χ1v) is 6.02. The molecule has 0 amide bonds. The van der Waals surface area contributed by atoms with Crippen molar-refractivity contribution in [1.82, 2.24) is 9.97 Å². The number of nitrogens with zero attached hydrogens (tertiary/aromatic N) is 2. The number of pyridine rings is 1. The molecule has 0 saturated carbocycles. The van der Waals surface area contributed by atoms with Crippen molar-refractivity contribution in [3.05, 3.63) is 17.6 Å². The van der Waals surface area contributed by atoms with Crippen LogP contribution in [0.25, 0.3) is 11.2 Å². The SMILES string of the molecule is O=S(=O)(Cl)c1cnc2nc(Cl)oc2c1. The van der Waals surface area contributed by atoms with Crippen molar-refractivity contribution in [3.63, 3.8) is 0 Å². The van der Waals surface area contributed by atoms with Crippen LogP contribution in [0.2, 0.25) is 5.35 Å². The third-order valence-electron chi connectivity index (χ3n) is 1.48. The van der Waals surface area contributed by atoms with Crippen LogP contribution in [-0.2, 0) is 9.05 Å². The smallest absolute Gasteiger partial charge is 0.294 e. The molecule has 2 aromatic heterocycles. The van der Waals surface area contributed by atoms with Gasteiger partial charge in [-0.15, -0.1) is 0 Å². The molecule has 0 spiro atoms. The number of hydrogen-bond acceptors (Lipinski definition) is 5. The largest absolute Gasteiger partial charge is 0.426 e. The van der Waals surface area contributed by atoms with Gasteiger partial charge in [0, 0.05) is 22.9 Å². The van der Waals surface area contributed by atoms with Crippen molar-refractivity contribution >= 4 is 42.6 Å². The Bertz CT molecular complexity index is 592. The first-order chi connectivity index (χ1) is 6.47. The Hall–Kier alpha value is -0.850. The van der Waals surface area contributed by atoms with Gasteiger partial charge in [-0.3, -0.25) is 0 Å². The molecule has 0 unspecified atom stereocenters. The van der Waals surface area contributed by atoms with E-state index >= 15 is 0 Å². The van der Waals surface area contributed by atoms with Crippen LogP contribution in [0.15, 0.2) is 21.6 Å². The normalized spacial score (nSPS) is 12.1. The van der Waals surface area contributed by atoms with Crippen LogP contribution in [0.3, 0.4) is 0 Å². The zero-order valence-electron chi connectivity index (χ0n) is 6.44. The van der Waals surface area contributed by atoms with Gasteiger partial charge in [0.1, 0.15) is 4.90 Å². The van der Waals surface area contributed by atoms with E-state index in [1.165, 1.54) is 6.07 Å². The van der Waals surface area contributed by atoms with Crippen LogP contribution in [-0.4, -0.2) is 18.4 Å². The molecule has 0 radical (unpaired) electrons. The van der Waals surface area contributed by atoms with Crippen molar-refractivity contribution in [3.8, 4) is 0 Å². The summed E-state index contributed by atoms with van der Waals surface area (Å²) in [7, 11) is 1.30. The Balaban J connectivity index is 2.74. The van der Waals surface area contributed by atoms with E-state index in [4.69, 9.17) is 26.7 Å². The fourth-order valence-corrected chi connectivity index (χ4v) is 1.75. The zero-order valence-corrected chi connectivity index (χ0v) is 8.77. The number of aromatic nitrogens is 2.